The molecule has 0 aliphatic heterocycles. The van der Waals surface area contributed by atoms with E-state index < -0.39 is 21.7 Å². The molecular formula is C12H8AsBrFIN2O. The second-order valence-corrected chi connectivity index (χ2v) is 8.51. The molecule has 98 valence electrons. The Labute approximate surface area is 138 Å². The van der Waals surface area contributed by atoms with Gasteiger partial charge in [-0.1, -0.05) is 0 Å². The van der Waals surface area contributed by atoms with Gasteiger partial charge in [0.15, 0.2) is 0 Å². The maximum absolute atomic E-state index is 13.8. The van der Waals surface area contributed by atoms with E-state index >= 15 is 0 Å². The summed E-state index contributed by atoms with van der Waals surface area (Å²) in [5, 5.41) is 0. The molecule has 1 heterocycles. The van der Waals surface area contributed by atoms with Crippen molar-refractivity contribution in [3.05, 3.63) is 50.0 Å². The Balaban J connectivity index is 2.40. The van der Waals surface area contributed by atoms with Gasteiger partial charge in [-0.3, -0.25) is 0 Å². The molecule has 2 N–H and O–H groups in total. The van der Waals surface area contributed by atoms with Crippen LogP contribution in [0.15, 0.2) is 35.1 Å². The first kappa shape index (κ1) is 14.9. The average molecular weight is 497 g/mol. The van der Waals surface area contributed by atoms with E-state index in [9.17, 15) is 9.18 Å². The number of carbonyl (C=O) groups excluding carboxylic acids is 1. The molecule has 3 nitrogen and oxygen atoms in total. The molecule has 2 rings (SSSR count). The first-order valence-electron chi connectivity index (χ1n) is 5.15. The summed E-state index contributed by atoms with van der Waals surface area (Å²) in [6.45, 7) is 0. The second-order valence-electron chi connectivity index (χ2n) is 3.67. The van der Waals surface area contributed by atoms with Crippen LogP contribution < -0.4 is 14.4 Å². The normalized spacial score (nSPS) is 11.1. The first-order valence-corrected chi connectivity index (χ1v) is 9.12. The van der Waals surface area contributed by atoms with E-state index in [0.717, 1.165) is 7.92 Å². The fourth-order valence-corrected chi connectivity index (χ4v) is 4.58. The molecule has 1 amide bonds. The quantitative estimate of drug-likeness (QED) is 0.393. The van der Waals surface area contributed by atoms with Crippen LogP contribution in [-0.4, -0.2) is 26.6 Å². The van der Waals surface area contributed by atoms with Crippen molar-refractivity contribution in [1.29, 1.82) is 0 Å². The predicted molar refractivity (Wildman–Crippen MR) is 86.0 cm³/mol. The van der Waals surface area contributed by atoms with Crippen molar-refractivity contribution in [3.63, 3.8) is 0 Å². The van der Waals surface area contributed by atoms with Crippen LogP contribution in [0.1, 0.15) is 10.4 Å². The molecule has 1 aromatic heterocycles. The Kier molecular flexibility index (Phi) is 4.97. The molecule has 0 aliphatic rings. The van der Waals surface area contributed by atoms with Crippen LogP contribution in [0.25, 0.3) is 0 Å². The number of amides is 1. The van der Waals surface area contributed by atoms with E-state index in [1.807, 2.05) is 6.07 Å². The summed E-state index contributed by atoms with van der Waals surface area (Å²) in [5.41, 5.74) is 5.74. The maximum atomic E-state index is 13.8. The van der Waals surface area contributed by atoms with Gasteiger partial charge < -0.3 is 0 Å². The van der Waals surface area contributed by atoms with Gasteiger partial charge in [-0.15, -0.1) is 0 Å². The molecule has 2 aromatic rings. The van der Waals surface area contributed by atoms with Gasteiger partial charge >= 0.3 is 139 Å². The van der Waals surface area contributed by atoms with Gasteiger partial charge in [0, 0.05) is 0 Å². The molecule has 19 heavy (non-hydrogen) atoms. The molecule has 1 atom stereocenters. The molecule has 0 saturated heterocycles. The molecule has 1 aromatic carbocycles. The molecule has 0 spiro atoms. The van der Waals surface area contributed by atoms with Crippen molar-refractivity contribution < 1.29 is 9.18 Å². The number of aromatic nitrogens is 1. The van der Waals surface area contributed by atoms with Gasteiger partial charge in [0.05, 0.1) is 0 Å². The van der Waals surface area contributed by atoms with Gasteiger partial charge in [-0.05, 0) is 0 Å². The number of carbonyl (C=O) groups is 1. The van der Waals surface area contributed by atoms with Gasteiger partial charge in [0.1, 0.15) is 0 Å². The van der Waals surface area contributed by atoms with Gasteiger partial charge in [0.25, 0.3) is 0 Å². The van der Waals surface area contributed by atoms with Crippen molar-refractivity contribution in [1.82, 2.24) is 4.98 Å². The molecule has 0 bridgehead atoms. The molecule has 0 radical (unpaired) electrons. The molecule has 0 aliphatic carbocycles. The van der Waals surface area contributed by atoms with Gasteiger partial charge in [0.2, 0.25) is 0 Å². The number of hydrogen-bond acceptors (Lipinski definition) is 2. The second kappa shape index (κ2) is 6.33. The van der Waals surface area contributed by atoms with E-state index in [1.54, 1.807) is 18.3 Å². The van der Waals surface area contributed by atoms with Crippen LogP contribution in [-0.2, 0) is 0 Å². The summed E-state index contributed by atoms with van der Waals surface area (Å²) in [6, 6.07) is 6.66. The van der Waals surface area contributed by atoms with Crippen molar-refractivity contribution in [2.75, 3.05) is 0 Å². The van der Waals surface area contributed by atoms with E-state index in [1.165, 1.54) is 6.07 Å². The average Bonchev–Trinajstić information content (AvgIpc) is 2.34. The molecule has 0 saturated carbocycles. The topological polar surface area (TPSA) is 56.0 Å². The predicted octanol–water partition coefficient (Wildman–Crippen LogP) is 1.07. The zero-order chi connectivity index (χ0) is 14.0. The van der Waals surface area contributed by atoms with Gasteiger partial charge in [-0.2, -0.15) is 0 Å². The van der Waals surface area contributed by atoms with Crippen LogP contribution in [0, 0.1) is 9.39 Å². The fourth-order valence-electron chi connectivity index (χ4n) is 1.47. The Hall–Kier alpha value is -0.462. The van der Waals surface area contributed by atoms with E-state index in [-0.39, 0.29) is 5.82 Å². The standard InChI is InChI=1S/C12H8AsBrFIN2O/c14-11-4-7(12(17)19)9(5-18-11)13-8-2-1-6(16)3-10(8)15/h1-5,13H,(H2,17,19). The van der Waals surface area contributed by atoms with Crippen molar-refractivity contribution in [3.8, 4) is 0 Å². The molecule has 1 unspecified atom stereocenters. The third kappa shape index (κ3) is 3.76. The number of rotatable bonds is 3. The van der Waals surface area contributed by atoms with E-state index in [4.69, 9.17) is 5.73 Å². The molecular weight excluding hydrogens is 489 g/mol. The number of benzene rings is 1. The van der Waals surface area contributed by atoms with E-state index in [2.05, 4.69) is 43.5 Å². The summed E-state index contributed by atoms with van der Waals surface area (Å²) < 4.78 is 16.6. The summed E-state index contributed by atoms with van der Waals surface area (Å²) in [6.07, 6.45) is 1.58. The molecule has 7 heteroatoms. The number of pyridine rings is 1. The minimum absolute atomic E-state index is 0.245. The Bertz CT molecular complexity index is 654. The zero-order valence-electron chi connectivity index (χ0n) is 9.45. The van der Waals surface area contributed by atoms with Crippen LogP contribution in [0.3, 0.4) is 0 Å². The van der Waals surface area contributed by atoms with Crippen LogP contribution >= 0.6 is 38.5 Å². The first-order chi connectivity index (χ1) is 8.97. The van der Waals surface area contributed by atoms with Crippen molar-refractivity contribution in [2.24, 2.45) is 5.73 Å². The Morgan fingerprint density at radius 2 is 2.11 bits per heavy atom. The number of nitrogens with two attached hydrogens (primary N) is 1. The van der Waals surface area contributed by atoms with Gasteiger partial charge in [-0.25, -0.2) is 0 Å². The van der Waals surface area contributed by atoms with Crippen molar-refractivity contribution >= 4 is 68.9 Å². The Morgan fingerprint density at radius 3 is 2.74 bits per heavy atom. The van der Waals surface area contributed by atoms with E-state index in [0.29, 0.717) is 14.5 Å². The van der Waals surface area contributed by atoms with Crippen molar-refractivity contribution in [2.45, 2.75) is 0 Å². The number of primary amides is 1. The van der Waals surface area contributed by atoms with Crippen LogP contribution in [0.2, 0.25) is 0 Å². The number of nitrogens with zero attached hydrogens (tertiary/aromatic N) is 1. The van der Waals surface area contributed by atoms with Crippen LogP contribution in [0.5, 0.6) is 0 Å². The van der Waals surface area contributed by atoms with Crippen LogP contribution in [0.4, 0.5) is 4.39 Å². The summed E-state index contributed by atoms with van der Waals surface area (Å²) in [5.74, 6) is -0.766. The minimum atomic E-state index is -0.988. The summed E-state index contributed by atoms with van der Waals surface area (Å²) in [4.78, 5) is 15.5. The SMILES string of the molecule is NC(=O)c1cc(Br)ncc1[AsH]c1ccc(I)cc1F. The summed E-state index contributed by atoms with van der Waals surface area (Å²) in [7, 11) is 0. The number of halogens is 3. The Morgan fingerprint density at radius 1 is 1.37 bits per heavy atom. The summed E-state index contributed by atoms with van der Waals surface area (Å²) >= 11 is 4.26. The number of hydrogen-bond donors (Lipinski definition) is 1. The molecule has 0 fully saturated rings. The zero-order valence-corrected chi connectivity index (χ0v) is 15.3. The third-order valence-electron chi connectivity index (χ3n) is 2.34. The third-order valence-corrected chi connectivity index (χ3v) is 6.26. The fraction of sp³-hybridized carbons (Fsp3) is 0. The monoisotopic (exact) mass is 496 g/mol.